The van der Waals surface area contributed by atoms with Gasteiger partial charge in [0, 0.05) is 15.5 Å². The number of thiazole rings is 1. The topological polar surface area (TPSA) is 51.2 Å². The van der Waals surface area contributed by atoms with Gasteiger partial charge in [0.15, 0.2) is 0 Å². The highest BCUT2D eigenvalue weighted by atomic mass is 79.9. The Morgan fingerprint density at radius 3 is 2.85 bits per heavy atom. The molecule has 0 spiro atoms. The summed E-state index contributed by atoms with van der Waals surface area (Å²) in [5, 5.41) is 5.81. The first-order valence-electron chi connectivity index (χ1n) is 6.07. The van der Waals surface area contributed by atoms with Crippen molar-refractivity contribution in [2.75, 3.05) is 7.11 Å². The number of halogens is 1. The smallest absolute Gasteiger partial charge is 0.253 e. The summed E-state index contributed by atoms with van der Waals surface area (Å²) in [5.41, 5.74) is 1.51. The maximum atomic E-state index is 12.3. The predicted molar refractivity (Wildman–Crippen MR) is 83.4 cm³/mol. The molecule has 2 rings (SSSR count). The van der Waals surface area contributed by atoms with Crippen LogP contribution in [0.25, 0.3) is 0 Å². The van der Waals surface area contributed by atoms with Crippen LogP contribution in [-0.4, -0.2) is 18.0 Å². The SMILES string of the molecule is COc1ccc(Br)c(C(=O)NC(C)c2nc(C)cs2)c1. The molecule has 2 aromatic rings. The molecule has 0 aliphatic rings. The molecule has 1 heterocycles. The number of nitrogens with zero attached hydrogens (tertiary/aromatic N) is 1. The van der Waals surface area contributed by atoms with E-state index in [1.54, 1.807) is 36.6 Å². The largest absolute Gasteiger partial charge is 0.497 e. The Labute approximate surface area is 130 Å². The van der Waals surface area contributed by atoms with Crippen LogP contribution in [-0.2, 0) is 0 Å². The molecule has 0 aliphatic heterocycles. The van der Waals surface area contributed by atoms with E-state index in [0.717, 1.165) is 15.2 Å². The Hall–Kier alpha value is -1.40. The van der Waals surface area contributed by atoms with Gasteiger partial charge < -0.3 is 10.1 Å². The van der Waals surface area contributed by atoms with Crippen molar-refractivity contribution in [2.24, 2.45) is 0 Å². The van der Waals surface area contributed by atoms with Gasteiger partial charge in [0.1, 0.15) is 10.8 Å². The van der Waals surface area contributed by atoms with Crippen LogP contribution in [0.2, 0.25) is 0 Å². The monoisotopic (exact) mass is 354 g/mol. The van der Waals surface area contributed by atoms with Gasteiger partial charge in [0.25, 0.3) is 5.91 Å². The number of hydrogen-bond donors (Lipinski definition) is 1. The number of carbonyl (C=O) groups excluding carboxylic acids is 1. The van der Waals surface area contributed by atoms with E-state index in [9.17, 15) is 4.79 Å². The quantitative estimate of drug-likeness (QED) is 0.910. The second-order valence-electron chi connectivity index (χ2n) is 4.37. The van der Waals surface area contributed by atoms with Gasteiger partial charge in [0.2, 0.25) is 0 Å². The standard InChI is InChI=1S/C14H15BrN2O2S/c1-8-7-20-14(16-8)9(2)17-13(18)11-6-10(19-3)4-5-12(11)15/h4-7,9H,1-3H3,(H,17,18). The molecule has 4 nitrogen and oxygen atoms in total. The Morgan fingerprint density at radius 1 is 1.50 bits per heavy atom. The molecule has 0 saturated heterocycles. The minimum absolute atomic E-state index is 0.126. The third kappa shape index (κ3) is 3.37. The van der Waals surface area contributed by atoms with Crippen molar-refractivity contribution in [2.45, 2.75) is 19.9 Å². The Balaban J connectivity index is 2.15. The van der Waals surface area contributed by atoms with E-state index in [4.69, 9.17) is 4.74 Å². The zero-order valence-corrected chi connectivity index (χ0v) is 13.8. The number of hydrogen-bond acceptors (Lipinski definition) is 4. The summed E-state index contributed by atoms with van der Waals surface area (Å²) in [4.78, 5) is 16.7. The molecule has 0 aliphatic carbocycles. The first kappa shape index (κ1) is 15.0. The Kier molecular flexibility index (Phi) is 4.77. The maximum Gasteiger partial charge on any atom is 0.253 e. The van der Waals surface area contributed by atoms with Crippen molar-refractivity contribution in [3.05, 3.63) is 44.3 Å². The number of ether oxygens (including phenoxy) is 1. The molecule has 0 bridgehead atoms. The highest BCUT2D eigenvalue weighted by Gasteiger charge is 2.16. The first-order chi connectivity index (χ1) is 9.51. The number of aromatic nitrogens is 1. The van der Waals surface area contributed by atoms with Crippen LogP contribution in [0, 0.1) is 6.92 Å². The van der Waals surface area contributed by atoms with E-state index in [1.807, 2.05) is 19.2 Å². The molecular formula is C14H15BrN2O2S. The highest BCUT2D eigenvalue weighted by Crippen LogP contribution is 2.24. The third-order valence-electron chi connectivity index (χ3n) is 2.77. The normalized spacial score (nSPS) is 12.0. The minimum Gasteiger partial charge on any atom is -0.497 e. The van der Waals surface area contributed by atoms with Gasteiger partial charge in [-0.15, -0.1) is 11.3 Å². The van der Waals surface area contributed by atoms with Gasteiger partial charge in [0.05, 0.1) is 18.7 Å². The molecule has 0 saturated carbocycles. The lowest BCUT2D eigenvalue weighted by atomic mass is 10.2. The summed E-state index contributed by atoms with van der Waals surface area (Å²) in [5.74, 6) is 0.493. The molecule has 106 valence electrons. The summed E-state index contributed by atoms with van der Waals surface area (Å²) < 4.78 is 5.88. The number of methoxy groups -OCH3 is 1. The fourth-order valence-corrected chi connectivity index (χ4v) is 2.94. The highest BCUT2D eigenvalue weighted by molar-refractivity contribution is 9.10. The van der Waals surface area contributed by atoms with Crippen molar-refractivity contribution >= 4 is 33.2 Å². The number of carbonyl (C=O) groups is 1. The van der Waals surface area contributed by atoms with Crippen molar-refractivity contribution in [1.82, 2.24) is 10.3 Å². The number of amides is 1. The van der Waals surface area contributed by atoms with Gasteiger partial charge in [-0.2, -0.15) is 0 Å². The van der Waals surface area contributed by atoms with Crippen molar-refractivity contribution in [1.29, 1.82) is 0 Å². The lowest BCUT2D eigenvalue weighted by Gasteiger charge is -2.13. The van der Waals surface area contributed by atoms with E-state index in [1.165, 1.54) is 0 Å². The lowest BCUT2D eigenvalue weighted by molar-refractivity contribution is 0.0938. The molecule has 0 fully saturated rings. The van der Waals surface area contributed by atoms with Crippen LogP contribution >= 0.6 is 27.3 Å². The molecule has 1 amide bonds. The van der Waals surface area contributed by atoms with Crippen LogP contribution in [0.5, 0.6) is 5.75 Å². The molecule has 6 heteroatoms. The van der Waals surface area contributed by atoms with Crippen molar-refractivity contribution in [3.63, 3.8) is 0 Å². The summed E-state index contributed by atoms with van der Waals surface area (Å²) in [6, 6.07) is 5.18. The number of nitrogens with one attached hydrogen (secondary N) is 1. The minimum atomic E-state index is -0.156. The van der Waals surface area contributed by atoms with Gasteiger partial charge >= 0.3 is 0 Å². The fourth-order valence-electron chi connectivity index (χ4n) is 1.71. The van der Waals surface area contributed by atoms with Crippen LogP contribution < -0.4 is 10.1 Å². The van der Waals surface area contributed by atoms with E-state index in [2.05, 4.69) is 26.2 Å². The molecule has 0 radical (unpaired) electrons. The van der Waals surface area contributed by atoms with Gasteiger partial charge in [-0.05, 0) is 48.0 Å². The zero-order chi connectivity index (χ0) is 14.7. The predicted octanol–water partition coefficient (Wildman–Crippen LogP) is 3.71. The molecule has 1 aromatic heterocycles. The molecule has 1 N–H and O–H groups in total. The molecule has 20 heavy (non-hydrogen) atoms. The number of rotatable bonds is 4. The fraction of sp³-hybridized carbons (Fsp3) is 0.286. The molecule has 1 unspecified atom stereocenters. The maximum absolute atomic E-state index is 12.3. The van der Waals surface area contributed by atoms with Crippen LogP contribution in [0.3, 0.4) is 0 Å². The van der Waals surface area contributed by atoms with E-state index < -0.39 is 0 Å². The van der Waals surface area contributed by atoms with Gasteiger partial charge in [-0.3, -0.25) is 4.79 Å². The van der Waals surface area contributed by atoms with Crippen LogP contribution in [0.15, 0.2) is 28.1 Å². The summed E-state index contributed by atoms with van der Waals surface area (Å²) in [6.07, 6.45) is 0. The molecule has 1 aromatic carbocycles. The van der Waals surface area contributed by atoms with Gasteiger partial charge in [-0.25, -0.2) is 4.98 Å². The second-order valence-corrected chi connectivity index (χ2v) is 6.11. The van der Waals surface area contributed by atoms with Crippen LogP contribution in [0.1, 0.15) is 34.0 Å². The van der Waals surface area contributed by atoms with E-state index in [-0.39, 0.29) is 11.9 Å². The second kappa shape index (κ2) is 6.37. The lowest BCUT2D eigenvalue weighted by Crippen LogP contribution is -2.26. The number of aryl methyl sites for hydroxylation is 1. The number of benzene rings is 1. The molecular weight excluding hydrogens is 340 g/mol. The summed E-state index contributed by atoms with van der Waals surface area (Å²) in [6.45, 7) is 3.86. The third-order valence-corrected chi connectivity index (χ3v) is 4.61. The van der Waals surface area contributed by atoms with E-state index in [0.29, 0.717) is 11.3 Å². The van der Waals surface area contributed by atoms with Gasteiger partial charge in [-0.1, -0.05) is 0 Å². The van der Waals surface area contributed by atoms with E-state index >= 15 is 0 Å². The Morgan fingerprint density at radius 2 is 2.25 bits per heavy atom. The summed E-state index contributed by atoms with van der Waals surface area (Å²) >= 11 is 4.93. The zero-order valence-electron chi connectivity index (χ0n) is 11.4. The molecule has 1 atom stereocenters. The average Bonchev–Trinajstić information content (AvgIpc) is 2.86. The Bertz CT molecular complexity index is 627. The average molecular weight is 355 g/mol. The summed E-state index contributed by atoms with van der Waals surface area (Å²) in [7, 11) is 1.58. The van der Waals surface area contributed by atoms with Crippen molar-refractivity contribution < 1.29 is 9.53 Å². The first-order valence-corrected chi connectivity index (χ1v) is 7.75. The van der Waals surface area contributed by atoms with Crippen molar-refractivity contribution in [3.8, 4) is 5.75 Å². The van der Waals surface area contributed by atoms with Crippen LogP contribution in [0.4, 0.5) is 0 Å².